The summed E-state index contributed by atoms with van der Waals surface area (Å²) in [5, 5.41) is 4.47. The number of benzene rings is 1. The fraction of sp³-hybridized carbons (Fsp3) is 0.409. The van der Waals surface area contributed by atoms with Gasteiger partial charge in [-0.1, -0.05) is 23.5 Å². The van der Waals surface area contributed by atoms with Crippen molar-refractivity contribution in [3.63, 3.8) is 0 Å². The van der Waals surface area contributed by atoms with Crippen molar-refractivity contribution >= 4 is 51.0 Å². The van der Waals surface area contributed by atoms with Crippen molar-refractivity contribution in [3.8, 4) is 0 Å². The van der Waals surface area contributed by atoms with Crippen LogP contribution in [0.3, 0.4) is 0 Å². The highest BCUT2D eigenvalue weighted by Gasteiger charge is 2.24. The van der Waals surface area contributed by atoms with Crippen molar-refractivity contribution in [3.05, 3.63) is 41.7 Å². The number of fused-ring (bicyclic) bond motifs is 1. The highest BCUT2D eigenvalue weighted by Crippen LogP contribution is 2.34. The molecule has 3 aromatic rings. The number of nitrogens with one attached hydrogen (secondary N) is 1. The second-order valence-corrected chi connectivity index (χ2v) is 9.93. The summed E-state index contributed by atoms with van der Waals surface area (Å²) >= 11 is 2.96. The molecule has 1 aliphatic carbocycles. The van der Waals surface area contributed by atoms with Crippen LogP contribution in [0.4, 0.5) is 5.13 Å². The molecule has 0 atom stereocenters. The van der Waals surface area contributed by atoms with Crippen molar-refractivity contribution < 1.29 is 14.3 Å². The van der Waals surface area contributed by atoms with E-state index >= 15 is 0 Å². The third-order valence-electron chi connectivity index (χ3n) is 4.99. The summed E-state index contributed by atoms with van der Waals surface area (Å²) in [6.07, 6.45) is 6.60. The van der Waals surface area contributed by atoms with Gasteiger partial charge in [0.15, 0.2) is 5.13 Å². The van der Waals surface area contributed by atoms with E-state index in [9.17, 15) is 9.59 Å². The highest BCUT2D eigenvalue weighted by molar-refractivity contribution is 8.01. The van der Waals surface area contributed by atoms with E-state index in [0.717, 1.165) is 27.6 Å². The number of carbonyl (C=O) groups is 2. The molecule has 4 rings (SSSR count). The number of carbonyl (C=O) groups excluding carboxylic acids is 2. The van der Waals surface area contributed by atoms with Crippen LogP contribution in [0.15, 0.2) is 34.8 Å². The molecular weight excluding hydrogens is 418 g/mol. The lowest BCUT2D eigenvalue weighted by atomic mass is 10.1. The Kier molecular flexibility index (Phi) is 6.43. The van der Waals surface area contributed by atoms with Gasteiger partial charge in [-0.3, -0.25) is 14.9 Å². The number of nitrogens with zero attached hydrogens (tertiary/aromatic N) is 2. The highest BCUT2D eigenvalue weighted by atomic mass is 32.2. The molecule has 1 aromatic carbocycles. The molecule has 2 heterocycles. The summed E-state index contributed by atoms with van der Waals surface area (Å²) < 4.78 is 8.11. The van der Waals surface area contributed by atoms with Crippen molar-refractivity contribution in [1.82, 2.24) is 9.55 Å². The Labute approximate surface area is 184 Å². The zero-order valence-electron chi connectivity index (χ0n) is 17.1. The Bertz CT molecular complexity index is 1070. The van der Waals surface area contributed by atoms with Crippen molar-refractivity contribution in [1.29, 1.82) is 0 Å². The molecule has 1 aliphatic rings. The number of esters is 1. The van der Waals surface area contributed by atoms with Crippen LogP contribution in [0.1, 0.15) is 42.1 Å². The molecule has 0 aliphatic heterocycles. The van der Waals surface area contributed by atoms with Gasteiger partial charge in [0, 0.05) is 29.4 Å². The standard InChI is InChI=1S/C22H25N3O3S2/c1-3-28-19(26)8-9-29-20-11-23-22(30-20)24-21(27)17-13-25(12-15-5-6-15)18-10-14(2)4-7-16(17)18/h4,7,10-11,13,15H,3,5-6,8-9,12H2,1-2H3,(H,23,24,27). The predicted molar refractivity (Wildman–Crippen MR) is 121 cm³/mol. The summed E-state index contributed by atoms with van der Waals surface area (Å²) in [7, 11) is 0. The van der Waals surface area contributed by atoms with Crippen LogP contribution < -0.4 is 5.32 Å². The summed E-state index contributed by atoms with van der Waals surface area (Å²) in [5.74, 6) is 1.02. The van der Waals surface area contributed by atoms with E-state index in [1.54, 1.807) is 24.9 Å². The molecule has 8 heteroatoms. The third-order valence-corrected chi connectivity index (χ3v) is 7.10. The average Bonchev–Trinajstić information content (AvgIpc) is 3.31. The van der Waals surface area contributed by atoms with Gasteiger partial charge in [0.05, 0.1) is 29.0 Å². The first kappa shape index (κ1) is 20.9. The number of ether oxygens (including phenoxy) is 1. The lowest BCUT2D eigenvalue weighted by Crippen LogP contribution is -2.11. The van der Waals surface area contributed by atoms with E-state index in [-0.39, 0.29) is 11.9 Å². The summed E-state index contributed by atoms with van der Waals surface area (Å²) in [5.41, 5.74) is 2.98. The SMILES string of the molecule is CCOC(=O)CCSc1cnc(NC(=O)c2cn(CC3CC3)c3cc(C)ccc23)s1. The Morgan fingerprint density at radius 2 is 2.20 bits per heavy atom. The Hall–Kier alpha value is -2.32. The maximum Gasteiger partial charge on any atom is 0.306 e. The monoisotopic (exact) mass is 443 g/mol. The smallest absolute Gasteiger partial charge is 0.306 e. The molecular formula is C22H25N3O3S2. The second-order valence-electron chi connectivity index (χ2n) is 7.50. The molecule has 0 bridgehead atoms. The number of thioether (sulfide) groups is 1. The topological polar surface area (TPSA) is 73.2 Å². The molecule has 0 radical (unpaired) electrons. The van der Waals surface area contributed by atoms with Crippen LogP contribution in [0.2, 0.25) is 0 Å². The number of aromatic nitrogens is 2. The Morgan fingerprint density at radius 3 is 2.97 bits per heavy atom. The fourth-order valence-corrected chi connectivity index (χ4v) is 5.19. The van der Waals surface area contributed by atoms with Gasteiger partial charge in [-0.05, 0) is 44.2 Å². The van der Waals surface area contributed by atoms with E-state index < -0.39 is 0 Å². The van der Waals surface area contributed by atoms with Gasteiger partial charge in [0.25, 0.3) is 5.91 Å². The predicted octanol–water partition coefficient (Wildman–Crippen LogP) is 5.11. The number of rotatable bonds is 9. The number of anilines is 1. The Balaban J connectivity index is 1.43. The third kappa shape index (κ3) is 5.05. The van der Waals surface area contributed by atoms with Gasteiger partial charge in [0.2, 0.25) is 0 Å². The molecule has 30 heavy (non-hydrogen) atoms. The van der Waals surface area contributed by atoms with E-state index in [0.29, 0.717) is 29.5 Å². The molecule has 0 saturated heterocycles. The molecule has 0 spiro atoms. The number of hydrogen-bond donors (Lipinski definition) is 1. The van der Waals surface area contributed by atoms with Gasteiger partial charge < -0.3 is 9.30 Å². The number of amides is 1. The molecule has 6 nitrogen and oxygen atoms in total. The maximum absolute atomic E-state index is 13.0. The molecule has 0 unspecified atom stereocenters. The quantitative estimate of drug-likeness (QED) is 0.367. The maximum atomic E-state index is 13.0. The minimum absolute atomic E-state index is 0.143. The van der Waals surface area contributed by atoms with Crippen LogP contribution in [-0.4, -0.2) is 33.8 Å². The first-order valence-electron chi connectivity index (χ1n) is 10.2. The first-order chi connectivity index (χ1) is 14.5. The molecule has 2 aromatic heterocycles. The van der Waals surface area contributed by atoms with Crippen LogP contribution in [0, 0.1) is 12.8 Å². The van der Waals surface area contributed by atoms with Crippen molar-refractivity contribution in [2.45, 2.75) is 43.9 Å². The van der Waals surface area contributed by atoms with Gasteiger partial charge >= 0.3 is 5.97 Å². The van der Waals surface area contributed by atoms with Crippen LogP contribution >= 0.6 is 23.1 Å². The van der Waals surface area contributed by atoms with E-state index in [1.165, 1.54) is 29.7 Å². The molecule has 1 fully saturated rings. The second kappa shape index (κ2) is 9.22. The summed E-state index contributed by atoms with van der Waals surface area (Å²) in [6.45, 7) is 5.24. The molecule has 1 N–H and O–H groups in total. The van der Waals surface area contributed by atoms with E-state index in [2.05, 4.69) is 27.9 Å². The van der Waals surface area contributed by atoms with Gasteiger partial charge in [-0.2, -0.15) is 0 Å². The lowest BCUT2D eigenvalue weighted by Gasteiger charge is -2.03. The zero-order chi connectivity index (χ0) is 21.1. The lowest BCUT2D eigenvalue weighted by molar-refractivity contribution is -0.142. The van der Waals surface area contributed by atoms with Crippen LogP contribution in [-0.2, 0) is 16.1 Å². The summed E-state index contributed by atoms with van der Waals surface area (Å²) in [4.78, 5) is 28.7. The average molecular weight is 444 g/mol. The zero-order valence-corrected chi connectivity index (χ0v) is 18.8. The number of thiazole rings is 1. The first-order valence-corrected chi connectivity index (χ1v) is 12.0. The molecule has 158 valence electrons. The molecule has 1 amide bonds. The Morgan fingerprint density at radius 1 is 1.37 bits per heavy atom. The molecule has 1 saturated carbocycles. The minimum atomic E-state index is -0.194. The van der Waals surface area contributed by atoms with Gasteiger partial charge in [0.1, 0.15) is 0 Å². The normalized spacial score (nSPS) is 13.5. The number of aryl methyl sites for hydroxylation is 1. The van der Waals surface area contributed by atoms with Gasteiger partial charge in [-0.15, -0.1) is 11.8 Å². The summed E-state index contributed by atoms with van der Waals surface area (Å²) in [6, 6.07) is 6.22. The van der Waals surface area contributed by atoms with Gasteiger partial charge in [-0.25, -0.2) is 4.98 Å². The largest absolute Gasteiger partial charge is 0.466 e. The van der Waals surface area contributed by atoms with E-state index in [1.807, 2.05) is 18.3 Å². The van der Waals surface area contributed by atoms with Crippen LogP contribution in [0.25, 0.3) is 10.9 Å². The number of hydrogen-bond acceptors (Lipinski definition) is 6. The van der Waals surface area contributed by atoms with E-state index in [4.69, 9.17) is 4.74 Å². The van der Waals surface area contributed by atoms with Crippen LogP contribution in [0.5, 0.6) is 0 Å². The van der Waals surface area contributed by atoms with Crippen molar-refractivity contribution in [2.75, 3.05) is 17.7 Å². The fourth-order valence-electron chi connectivity index (χ4n) is 3.33. The minimum Gasteiger partial charge on any atom is -0.466 e. The van der Waals surface area contributed by atoms with Crippen molar-refractivity contribution in [2.24, 2.45) is 5.92 Å².